The van der Waals surface area contributed by atoms with Gasteiger partial charge in [-0.15, -0.1) is 0 Å². The fourth-order valence-corrected chi connectivity index (χ4v) is 3.47. The van der Waals surface area contributed by atoms with E-state index in [9.17, 15) is 14.0 Å². The minimum Gasteiger partial charge on any atom is -0.466 e. The van der Waals surface area contributed by atoms with E-state index in [0.29, 0.717) is 10.9 Å². The van der Waals surface area contributed by atoms with E-state index in [-0.39, 0.29) is 40.3 Å². The predicted molar refractivity (Wildman–Crippen MR) is 97.2 cm³/mol. The van der Waals surface area contributed by atoms with Gasteiger partial charge < -0.3 is 4.74 Å². The maximum absolute atomic E-state index is 13.8. The summed E-state index contributed by atoms with van der Waals surface area (Å²) < 4.78 is 19.1. The second kappa shape index (κ2) is 8.60. The topological polar surface area (TPSA) is 46.6 Å². The van der Waals surface area contributed by atoms with Gasteiger partial charge in [0.1, 0.15) is 10.1 Å². The van der Waals surface area contributed by atoms with Gasteiger partial charge in [-0.1, -0.05) is 48.6 Å². The number of benzene rings is 1. The van der Waals surface area contributed by atoms with Crippen LogP contribution >= 0.6 is 35.6 Å². The number of ether oxygens (including phenoxy) is 1. The van der Waals surface area contributed by atoms with E-state index in [2.05, 4.69) is 0 Å². The van der Waals surface area contributed by atoms with Gasteiger partial charge in [0, 0.05) is 12.1 Å². The lowest BCUT2D eigenvalue weighted by molar-refractivity contribution is -0.143. The summed E-state index contributed by atoms with van der Waals surface area (Å²) in [5, 5.41) is 0.211. The van der Waals surface area contributed by atoms with E-state index >= 15 is 0 Å². The second-order valence-electron chi connectivity index (χ2n) is 4.94. The molecule has 0 aliphatic carbocycles. The first-order valence-electron chi connectivity index (χ1n) is 7.29. The Morgan fingerprint density at radius 2 is 2.25 bits per heavy atom. The highest BCUT2D eigenvalue weighted by molar-refractivity contribution is 8.26. The number of thioether (sulfide) groups is 1. The summed E-state index contributed by atoms with van der Waals surface area (Å²) >= 11 is 12.2. The van der Waals surface area contributed by atoms with Crippen LogP contribution in [0.25, 0.3) is 6.08 Å². The first-order valence-corrected chi connectivity index (χ1v) is 8.89. The molecule has 8 heteroatoms. The Balaban J connectivity index is 2.08. The lowest BCUT2D eigenvalue weighted by atomic mass is 10.2. The Labute approximate surface area is 154 Å². The van der Waals surface area contributed by atoms with Crippen LogP contribution in [-0.2, 0) is 14.3 Å². The smallest absolute Gasteiger partial charge is 0.307 e. The normalized spacial score (nSPS) is 16.1. The van der Waals surface area contributed by atoms with Crippen LogP contribution in [0.2, 0.25) is 5.02 Å². The molecule has 1 aromatic rings. The summed E-state index contributed by atoms with van der Waals surface area (Å²) in [6.45, 7) is 2.38. The van der Waals surface area contributed by atoms with Crippen molar-refractivity contribution in [2.24, 2.45) is 0 Å². The molecule has 1 amide bonds. The molecule has 2 rings (SSSR count). The number of nitrogens with zero attached hydrogens (tertiary/aromatic N) is 1. The van der Waals surface area contributed by atoms with E-state index < -0.39 is 5.82 Å². The summed E-state index contributed by atoms with van der Waals surface area (Å²) in [5.74, 6) is -1.27. The SMILES string of the molecule is CCCOC(=O)CCN1C(=O)/C(=C/c2c(F)cccc2Cl)SC1=S. The first kappa shape index (κ1) is 18.9. The standard InChI is InChI=1S/C16H15ClFNO3S2/c1-2-8-22-14(20)6-7-19-15(21)13(24-16(19)23)9-10-11(17)4-3-5-12(10)18/h3-5,9H,2,6-8H2,1H3/b13-9-. The van der Waals surface area contributed by atoms with Crippen molar-refractivity contribution in [3.05, 3.63) is 39.5 Å². The number of esters is 1. The van der Waals surface area contributed by atoms with Gasteiger partial charge in [0.15, 0.2) is 0 Å². The summed E-state index contributed by atoms with van der Waals surface area (Å²) in [5.41, 5.74) is 0.141. The number of hydrogen-bond acceptors (Lipinski definition) is 5. The van der Waals surface area contributed by atoms with E-state index in [1.54, 1.807) is 6.07 Å². The maximum atomic E-state index is 13.8. The third-order valence-electron chi connectivity index (χ3n) is 3.16. The molecule has 0 atom stereocenters. The van der Waals surface area contributed by atoms with Crippen molar-refractivity contribution < 1.29 is 18.7 Å². The van der Waals surface area contributed by atoms with Crippen molar-refractivity contribution in [1.29, 1.82) is 0 Å². The zero-order valence-corrected chi connectivity index (χ0v) is 15.3. The molecule has 0 saturated carbocycles. The molecule has 1 saturated heterocycles. The molecule has 4 nitrogen and oxygen atoms in total. The highest BCUT2D eigenvalue weighted by Gasteiger charge is 2.32. The predicted octanol–water partition coefficient (Wildman–Crippen LogP) is 4.02. The van der Waals surface area contributed by atoms with Crippen molar-refractivity contribution in [1.82, 2.24) is 4.90 Å². The number of carbonyl (C=O) groups excluding carboxylic acids is 2. The fraction of sp³-hybridized carbons (Fsp3) is 0.312. The third-order valence-corrected chi connectivity index (χ3v) is 4.86. The lowest BCUT2D eigenvalue weighted by Gasteiger charge is -2.13. The van der Waals surface area contributed by atoms with Gasteiger partial charge in [0.05, 0.1) is 23.0 Å². The quantitative estimate of drug-likeness (QED) is 0.419. The highest BCUT2D eigenvalue weighted by atomic mass is 35.5. The number of hydrogen-bond donors (Lipinski definition) is 0. The summed E-state index contributed by atoms with van der Waals surface area (Å²) in [6, 6.07) is 4.30. The molecule has 0 aromatic heterocycles. The molecule has 1 aliphatic heterocycles. The molecule has 1 heterocycles. The lowest BCUT2D eigenvalue weighted by Crippen LogP contribution is -2.30. The van der Waals surface area contributed by atoms with E-state index in [1.165, 1.54) is 23.1 Å². The molecule has 1 aromatic carbocycles. The Hall–Kier alpha value is -1.44. The minimum absolute atomic E-state index is 0.0557. The van der Waals surface area contributed by atoms with E-state index in [1.807, 2.05) is 6.92 Å². The van der Waals surface area contributed by atoms with Crippen LogP contribution in [0.5, 0.6) is 0 Å². The zero-order chi connectivity index (χ0) is 17.7. The molecule has 1 fully saturated rings. The summed E-state index contributed by atoms with van der Waals surface area (Å²) in [4.78, 5) is 25.5. The molecule has 128 valence electrons. The van der Waals surface area contributed by atoms with Gasteiger partial charge in [0.2, 0.25) is 0 Å². The van der Waals surface area contributed by atoms with Crippen LogP contribution in [0.3, 0.4) is 0 Å². The number of amides is 1. The van der Waals surface area contributed by atoms with Gasteiger partial charge in [-0.3, -0.25) is 14.5 Å². The van der Waals surface area contributed by atoms with Gasteiger partial charge in [0.25, 0.3) is 5.91 Å². The average molecular weight is 388 g/mol. The summed E-state index contributed by atoms with van der Waals surface area (Å²) in [6.07, 6.45) is 2.17. The largest absolute Gasteiger partial charge is 0.466 e. The first-order chi connectivity index (χ1) is 11.4. The molecule has 0 spiro atoms. The molecular weight excluding hydrogens is 373 g/mol. The Kier molecular flexibility index (Phi) is 6.77. The molecule has 0 N–H and O–H groups in total. The summed E-state index contributed by atoms with van der Waals surface area (Å²) in [7, 11) is 0. The van der Waals surface area contributed by atoms with Crippen LogP contribution < -0.4 is 0 Å². The van der Waals surface area contributed by atoms with Crippen molar-refractivity contribution in [3.8, 4) is 0 Å². The Morgan fingerprint density at radius 1 is 1.50 bits per heavy atom. The van der Waals surface area contributed by atoms with Gasteiger partial charge in [-0.05, 0) is 24.6 Å². The maximum Gasteiger partial charge on any atom is 0.307 e. The van der Waals surface area contributed by atoms with Crippen molar-refractivity contribution in [2.75, 3.05) is 13.2 Å². The van der Waals surface area contributed by atoms with Crippen LogP contribution in [0.15, 0.2) is 23.1 Å². The molecule has 0 bridgehead atoms. The van der Waals surface area contributed by atoms with Crippen LogP contribution in [-0.4, -0.2) is 34.2 Å². The highest BCUT2D eigenvalue weighted by Crippen LogP contribution is 2.34. The van der Waals surface area contributed by atoms with Gasteiger partial charge >= 0.3 is 5.97 Å². The number of carbonyl (C=O) groups is 2. The van der Waals surface area contributed by atoms with Crippen LogP contribution in [0, 0.1) is 5.82 Å². The molecule has 0 unspecified atom stereocenters. The van der Waals surface area contributed by atoms with Crippen LogP contribution in [0.1, 0.15) is 25.3 Å². The number of rotatable bonds is 6. The minimum atomic E-state index is -0.518. The van der Waals surface area contributed by atoms with E-state index in [0.717, 1.165) is 18.2 Å². The Morgan fingerprint density at radius 3 is 2.92 bits per heavy atom. The number of halogens is 2. The average Bonchev–Trinajstić information content (AvgIpc) is 2.81. The third kappa shape index (κ3) is 4.55. The van der Waals surface area contributed by atoms with Crippen molar-refractivity contribution >= 4 is 57.9 Å². The molecule has 1 aliphatic rings. The second-order valence-corrected chi connectivity index (χ2v) is 7.02. The fourth-order valence-electron chi connectivity index (χ4n) is 1.96. The van der Waals surface area contributed by atoms with Gasteiger partial charge in [-0.25, -0.2) is 4.39 Å². The van der Waals surface area contributed by atoms with Gasteiger partial charge in [-0.2, -0.15) is 0 Å². The molecule has 0 radical (unpaired) electrons. The molecular formula is C16H15ClFNO3S2. The number of thiocarbonyl (C=S) groups is 1. The van der Waals surface area contributed by atoms with Crippen LogP contribution in [0.4, 0.5) is 4.39 Å². The Bertz CT molecular complexity index is 688. The van der Waals surface area contributed by atoms with E-state index in [4.69, 9.17) is 28.6 Å². The van der Waals surface area contributed by atoms with Crippen molar-refractivity contribution in [3.63, 3.8) is 0 Å². The molecule has 24 heavy (non-hydrogen) atoms. The zero-order valence-electron chi connectivity index (χ0n) is 12.9. The van der Waals surface area contributed by atoms with Crippen molar-refractivity contribution in [2.45, 2.75) is 19.8 Å². The monoisotopic (exact) mass is 387 g/mol.